The second-order valence-electron chi connectivity index (χ2n) is 4.30. The van der Waals surface area contributed by atoms with E-state index in [1.54, 1.807) is 12.1 Å². The largest absolute Gasteiger partial charge is 0.329 e. The van der Waals surface area contributed by atoms with Crippen LogP contribution >= 0.6 is 0 Å². The molecule has 0 aliphatic carbocycles. The van der Waals surface area contributed by atoms with Crippen molar-refractivity contribution in [2.24, 2.45) is 0 Å². The molecule has 1 saturated heterocycles. The number of urea groups is 1. The van der Waals surface area contributed by atoms with Gasteiger partial charge in [-0.05, 0) is 25.5 Å². The number of nitrogens with zero attached hydrogens (tertiary/aromatic N) is 1. The molecule has 3 amide bonds. The number of anilines is 1. The maximum absolute atomic E-state index is 12.0. The monoisotopic (exact) mass is 232 g/mol. The van der Waals surface area contributed by atoms with Gasteiger partial charge in [-0.25, -0.2) is 9.69 Å². The zero-order valence-electron chi connectivity index (χ0n) is 10.1. The van der Waals surface area contributed by atoms with Crippen LogP contribution in [0.1, 0.15) is 25.3 Å². The number of imide groups is 1. The van der Waals surface area contributed by atoms with E-state index in [1.807, 2.05) is 26.0 Å². The Hall–Kier alpha value is -1.84. The molecule has 0 radical (unpaired) electrons. The second kappa shape index (κ2) is 4.57. The van der Waals surface area contributed by atoms with Gasteiger partial charge in [0, 0.05) is 0 Å². The summed E-state index contributed by atoms with van der Waals surface area (Å²) < 4.78 is 0. The van der Waals surface area contributed by atoms with Gasteiger partial charge in [0.15, 0.2) is 0 Å². The van der Waals surface area contributed by atoms with E-state index in [9.17, 15) is 9.59 Å². The zero-order valence-corrected chi connectivity index (χ0v) is 10.1. The van der Waals surface area contributed by atoms with Crippen LogP contribution in [0.5, 0.6) is 0 Å². The van der Waals surface area contributed by atoms with Crippen molar-refractivity contribution in [2.45, 2.75) is 32.7 Å². The van der Waals surface area contributed by atoms with E-state index in [-0.39, 0.29) is 18.0 Å². The Labute approximate surface area is 101 Å². The van der Waals surface area contributed by atoms with Crippen LogP contribution in [0.2, 0.25) is 0 Å². The highest BCUT2D eigenvalue weighted by molar-refractivity contribution is 6.21. The Bertz CT molecular complexity index is 439. The molecule has 1 aromatic rings. The van der Waals surface area contributed by atoms with E-state index < -0.39 is 0 Å². The van der Waals surface area contributed by atoms with Gasteiger partial charge in [-0.3, -0.25) is 4.79 Å². The Morgan fingerprint density at radius 3 is 2.47 bits per heavy atom. The minimum atomic E-state index is -0.367. The van der Waals surface area contributed by atoms with Crippen molar-refractivity contribution in [3.8, 4) is 0 Å². The van der Waals surface area contributed by atoms with Gasteiger partial charge in [-0.2, -0.15) is 0 Å². The molecule has 4 heteroatoms. The Morgan fingerprint density at radius 2 is 1.88 bits per heavy atom. The van der Waals surface area contributed by atoms with Crippen LogP contribution in [0.25, 0.3) is 0 Å². The smallest absolute Gasteiger partial charge is 0.325 e. The van der Waals surface area contributed by atoms with E-state index in [0.717, 1.165) is 12.0 Å². The third-order valence-corrected chi connectivity index (χ3v) is 2.89. The van der Waals surface area contributed by atoms with Crippen molar-refractivity contribution < 1.29 is 9.59 Å². The molecule has 1 heterocycles. The van der Waals surface area contributed by atoms with Gasteiger partial charge >= 0.3 is 6.03 Å². The fourth-order valence-corrected chi connectivity index (χ4v) is 1.95. The fourth-order valence-electron chi connectivity index (χ4n) is 1.95. The number of benzene rings is 1. The molecule has 1 aliphatic rings. The van der Waals surface area contributed by atoms with Crippen molar-refractivity contribution in [1.82, 2.24) is 5.32 Å². The van der Waals surface area contributed by atoms with Gasteiger partial charge in [-0.1, -0.05) is 31.0 Å². The molecule has 0 spiro atoms. The van der Waals surface area contributed by atoms with Gasteiger partial charge in [-0.15, -0.1) is 0 Å². The quantitative estimate of drug-likeness (QED) is 0.812. The standard InChI is InChI=1S/C13H16N2O2/c1-3-4-11-12(16)15(13(17)14-11)10-7-5-9(2)6-8-10/h5-8,11H,3-4H2,1-2H3,(H,14,17). The SMILES string of the molecule is CCCC1NC(=O)N(c2ccc(C)cc2)C1=O. The van der Waals surface area contributed by atoms with Gasteiger partial charge in [0.1, 0.15) is 6.04 Å². The lowest BCUT2D eigenvalue weighted by molar-refractivity contribution is -0.118. The normalized spacial score (nSPS) is 19.6. The van der Waals surface area contributed by atoms with Crippen LogP contribution in [-0.4, -0.2) is 18.0 Å². The summed E-state index contributed by atoms with van der Waals surface area (Å²) in [7, 11) is 0. The first kappa shape index (κ1) is 11.6. The highest BCUT2D eigenvalue weighted by Crippen LogP contribution is 2.21. The van der Waals surface area contributed by atoms with Crippen LogP contribution in [0.15, 0.2) is 24.3 Å². The van der Waals surface area contributed by atoms with Crippen molar-refractivity contribution in [3.63, 3.8) is 0 Å². The molecule has 17 heavy (non-hydrogen) atoms. The topological polar surface area (TPSA) is 49.4 Å². The molecule has 1 aromatic carbocycles. The molecular weight excluding hydrogens is 216 g/mol. The van der Waals surface area contributed by atoms with Crippen LogP contribution in [0.3, 0.4) is 0 Å². The first-order valence-electron chi connectivity index (χ1n) is 5.84. The van der Waals surface area contributed by atoms with E-state index in [0.29, 0.717) is 12.1 Å². The number of rotatable bonds is 3. The number of nitrogens with one attached hydrogen (secondary N) is 1. The molecule has 90 valence electrons. The van der Waals surface area contributed by atoms with Crippen LogP contribution in [0, 0.1) is 6.92 Å². The van der Waals surface area contributed by atoms with Gasteiger partial charge in [0.05, 0.1) is 5.69 Å². The first-order chi connectivity index (χ1) is 8.13. The fraction of sp³-hybridized carbons (Fsp3) is 0.385. The molecule has 1 unspecified atom stereocenters. The van der Waals surface area contributed by atoms with Crippen molar-refractivity contribution in [2.75, 3.05) is 4.90 Å². The maximum atomic E-state index is 12.0. The summed E-state index contributed by atoms with van der Waals surface area (Å²) in [6.45, 7) is 3.96. The molecular formula is C13H16N2O2. The molecule has 1 N–H and O–H groups in total. The lowest BCUT2D eigenvalue weighted by Gasteiger charge is -2.12. The number of hydrogen-bond acceptors (Lipinski definition) is 2. The van der Waals surface area contributed by atoms with Gasteiger partial charge in [0.2, 0.25) is 0 Å². The summed E-state index contributed by atoms with van der Waals surface area (Å²) >= 11 is 0. The molecule has 0 saturated carbocycles. The molecule has 1 aliphatic heterocycles. The summed E-state index contributed by atoms with van der Waals surface area (Å²) in [5.41, 5.74) is 1.74. The van der Waals surface area contributed by atoms with Crippen LogP contribution in [0.4, 0.5) is 10.5 Å². The number of carbonyl (C=O) groups is 2. The van der Waals surface area contributed by atoms with Crippen molar-refractivity contribution in [3.05, 3.63) is 29.8 Å². The molecule has 2 rings (SSSR count). The highest BCUT2D eigenvalue weighted by Gasteiger charge is 2.38. The zero-order chi connectivity index (χ0) is 12.4. The average Bonchev–Trinajstić information content (AvgIpc) is 2.57. The number of carbonyl (C=O) groups excluding carboxylic acids is 2. The maximum Gasteiger partial charge on any atom is 0.329 e. The highest BCUT2D eigenvalue weighted by atomic mass is 16.2. The third-order valence-electron chi connectivity index (χ3n) is 2.89. The molecule has 1 fully saturated rings. The second-order valence-corrected chi connectivity index (χ2v) is 4.30. The van der Waals surface area contributed by atoms with Crippen LogP contribution in [-0.2, 0) is 4.79 Å². The summed E-state index contributed by atoms with van der Waals surface area (Å²) in [6.07, 6.45) is 1.56. The Kier molecular flexibility index (Phi) is 3.13. The summed E-state index contributed by atoms with van der Waals surface area (Å²) in [4.78, 5) is 25.0. The minimum absolute atomic E-state index is 0.152. The molecule has 0 bridgehead atoms. The molecule has 0 aromatic heterocycles. The first-order valence-corrected chi connectivity index (χ1v) is 5.84. The van der Waals surface area contributed by atoms with E-state index in [4.69, 9.17) is 0 Å². The summed E-state index contributed by atoms with van der Waals surface area (Å²) in [5.74, 6) is -0.152. The molecule has 4 nitrogen and oxygen atoms in total. The Morgan fingerprint density at radius 1 is 1.24 bits per heavy atom. The van der Waals surface area contributed by atoms with Crippen molar-refractivity contribution in [1.29, 1.82) is 0 Å². The summed E-state index contributed by atoms with van der Waals surface area (Å²) in [6, 6.07) is 6.68. The van der Waals surface area contributed by atoms with Gasteiger partial charge in [0.25, 0.3) is 5.91 Å². The predicted molar refractivity (Wildman–Crippen MR) is 65.9 cm³/mol. The number of aryl methyl sites for hydroxylation is 1. The lowest BCUT2D eigenvalue weighted by atomic mass is 10.1. The van der Waals surface area contributed by atoms with Crippen molar-refractivity contribution >= 4 is 17.6 Å². The number of amides is 3. The van der Waals surface area contributed by atoms with E-state index in [2.05, 4.69) is 5.32 Å². The lowest BCUT2D eigenvalue weighted by Crippen LogP contribution is -2.31. The minimum Gasteiger partial charge on any atom is -0.325 e. The van der Waals surface area contributed by atoms with Gasteiger partial charge < -0.3 is 5.32 Å². The van der Waals surface area contributed by atoms with E-state index >= 15 is 0 Å². The number of hydrogen-bond donors (Lipinski definition) is 1. The van der Waals surface area contributed by atoms with E-state index in [1.165, 1.54) is 4.90 Å². The Balaban J connectivity index is 2.24. The summed E-state index contributed by atoms with van der Waals surface area (Å²) in [5, 5.41) is 2.71. The third kappa shape index (κ3) is 2.16. The molecule has 1 atom stereocenters. The average molecular weight is 232 g/mol. The van der Waals surface area contributed by atoms with Crippen LogP contribution < -0.4 is 10.2 Å². The predicted octanol–water partition coefficient (Wildman–Crippen LogP) is 2.22.